The normalized spacial score (nSPS) is 30.1. The molecule has 2 rings (SSSR count). The third-order valence-corrected chi connectivity index (χ3v) is 3.71. The standard InChI is InChI=1S/C12H19F3N2O2/c1-2-9-7-16(5-6-19-9)10-3-4-17(11(10)18)8-12(13,14)15/h9-10H,2-8H2,1H3/t9-,10-/m1/s1. The van der Waals surface area contributed by atoms with Crippen molar-refractivity contribution in [2.45, 2.75) is 38.1 Å². The fraction of sp³-hybridized carbons (Fsp3) is 0.917. The third kappa shape index (κ3) is 3.60. The number of amides is 1. The van der Waals surface area contributed by atoms with Crippen LogP contribution in [0.5, 0.6) is 0 Å². The zero-order valence-electron chi connectivity index (χ0n) is 10.9. The number of rotatable bonds is 3. The number of halogens is 3. The Balaban J connectivity index is 1.94. The maximum atomic E-state index is 12.3. The first-order valence-electron chi connectivity index (χ1n) is 6.62. The number of carbonyl (C=O) groups is 1. The van der Waals surface area contributed by atoms with Crippen LogP contribution < -0.4 is 0 Å². The first-order valence-corrected chi connectivity index (χ1v) is 6.62. The highest BCUT2D eigenvalue weighted by Gasteiger charge is 2.42. The highest BCUT2D eigenvalue weighted by molar-refractivity contribution is 5.84. The third-order valence-electron chi connectivity index (χ3n) is 3.71. The second kappa shape index (κ2) is 5.66. The molecule has 0 bridgehead atoms. The van der Waals surface area contributed by atoms with E-state index >= 15 is 0 Å². The molecule has 0 aromatic carbocycles. The number of hydrogen-bond acceptors (Lipinski definition) is 3. The first kappa shape index (κ1) is 14.6. The van der Waals surface area contributed by atoms with Gasteiger partial charge in [0.25, 0.3) is 0 Å². The van der Waals surface area contributed by atoms with E-state index in [9.17, 15) is 18.0 Å². The van der Waals surface area contributed by atoms with Crippen molar-refractivity contribution < 1.29 is 22.7 Å². The Morgan fingerprint density at radius 1 is 1.37 bits per heavy atom. The van der Waals surface area contributed by atoms with E-state index in [-0.39, 0.29) is 12.6 Å². The zero-order chi connectivity index (χ0) is 14.0. The van der Waals surface area contributed by atoms with Crippen molar-refractivity contribution in [3.8, 4) is 0 Å². The number of hydrogen-bond donors (Lipinski definition) is 0. The molecule has 0 radical (unpaired) electrons. The van der Waals surface area contributed by atoms with E-state index in [1.54, 1.807) is 0 Å². The predicted octanol–water partition coefficient (Wildman–Crippen LogP) is 1.26. The monoisotopic (exact) mass is 280 g/mol. The number of carbonyl (C=O) groups excluding carboxylic acids is 1. The van der Waals surface area contributed by atoms with E-state index in [0.717, 1.165) is 11.3 Å². The van der Waals surface area contributed by atoms with Crippen LogP contribution >= 0.6 is 0 Å². The zero-order valence-corrected chi connectivity index (χ0v) is 10.9. The summed E-state index contributed by atoms with van der Waals surface area (Å²) < 4.78 is 42.5. The highest BCUT2D eigenvalue weighted by Crippen LogP contribution is 2.24. The molecule has 0 spiro atoms. The average Bonchev–Trinajstić information content (AvgIpc) is 2.69. The summed E-state index contributed by atoms with van der Waals surface area (Å²) in [5.41, 5.74) is 0. The van der Waals surface area contributed by atoms with Gasteiger partial charge in [-0.05, 0) is 12.8 Å². The second-order valence-electron chi connectivity index (χ2n) is 5.08. The average molecular weight is 280 g/mol. The molecule has 0 aromatic heterocycles. The first-order chi connectivity index (χ1) is 8.90. The summed E-state index contributed by atoms with van der Waals surface area (Å²) in [6.45, 7) is 2.85. The lowest BCUT2D eigenvalue weighted by molar-refractivity contribution is -0.160. The minimum Gasteiger partial charge on any atom is -0.376 e. The maximum Gasteiger partial charge on any atom is 0.406 e. The van der Waals surface area contributed by atoms with Gasteiger partial charge in [0, 0.05) is 19.6 Å². The number of nitrogens with zero attached hydrogens (tertiary/aromatic N) is 2. The van der Waals surface area contributed by atoms with Crippen LogP contribution in [0.15, 0.2) is 0 Å². The van der Waals surface area contributed by atoms with E-state index < -0.39 is 24.7 Å². The summed E-state index contributed by atoms with van der Waals surface area (Å²) in [5.74, 6) is -0.394. The Hall–Kier alpha value is -0.820. The SMILES string of the molecule is CC[C@@H]1CN([C@@H]2CCN(CC(F)(F)F)C2=O)CCO1. The molecule has 1 amide bonds. The van der Waals surface area contributed by atoms with Gasteiger partial charge in [-0.15, -0.1) is 0 Å². The van der Waals surface area contributed by atoms with Crippen molar-refractivity contribution in [2.75, 3.05) is 32.8 Å². The number of likely N-dealkylation sites (tertiary alicyclic amines) is 1. The fourth-order valence-corrected chi connectivity index (χ4v) is 2.71. The summed E-state index contributed by atoms with van der Waals surface area (Å²) >= 11 is 0. The van der Waals surface area contributed by atoms with Gasteiger partial charge >= 0.3 is 6.18 Å². The molecule has 0 aliphatic carbocycles. The summed E-state index contributed by atoms with van der Waals surface area (Å²) in [6.07, 6.45) is -2.91. The van der Waals surface area contributed by atoms with Gasteiger partial charge in [-0.25, -0.2) is 0 Å². The summed E-state index contributed by atoms with van der Waals surface area (Å²) in [4.78, 5) is 14.9. The summed E-state index contributed by atoms with van der Waals surface area (Å²) in [6, 6.07) is -0.403. The largest absolute Gasteiger partial charge is 0.406 e. The van der Waals surface area contributed by atoms with Crippen LogP contribution in [0.2, 0.25) is 0 Å². The lowest BCUT2D eigenvalue weighted by Crippen LogP contribution is -2.51. The van der Waals surface area contributed by atoms with Gasteiger partial charge in [0.05, 0.1) is 18.8 Å². The molecule has 4 nitrogen and oxygen atoms in total. The molecule has 2 aliphatic rings. The van der Waals surface area contributed by atoms with Crippen LogP contribution in [0.4, 0.5) is 13.2 Å². The van der Waals surface area contributed by atoms with Crippen molar-refractivity contribution in [2.24, 2.45) is 0 Å². The van der Waals surface area contributed by atoms with Crippen LogP contribution in [-0.2, 0) is 9.53 Å². The molecule has 110 valence electrons. The molecular weight excluding hydrogens is 261 g/mol. The molecule has 0 unspecified atom stereocenters. The lowest BCUT2D eigenvalue weighted by atomic mass is 10.1. The fourth-order valence-electron chi connectivity index (χ4n) is 2.71. The van der Waals surface area contributed by atoms with Gasteiger partial charge in [-0.3, -0.25) is 9.69 Å². The smallest absolute Gasteiger partial charge is 0.376 e. The number of alkyl halides is 3. The van der Waals surface area contributed by atoms with Gasteiger partial charge in [0.2, 0.25) is 5.91 Å². The minimum absolute atomic E-state index is 0.0817. The van der Waals surface area contributed by atoms with Gasteiger partial charge in [0.15, 0.2) is 0 Å². The Labute approximate surface area is 110 Å². The topological polar surface area (TPSA) is 32.8 Å². The van der Waals surface area contributed by atoms with E-state index in [0.29, 0.717) is 26.1 Å². The molecule has 2 fully saturated rings. The van der Waals surface area contributed by atoms with Crippen LogP contribution in [-0.4, -0.2) is 66.8 Å². The Morgan fingerprint density at radius 3 is 2.74 bits per heavy atom. The van der Waals surface area contributed by atoms with Crippen molar-refractivity contribution in [1.29, 1.82) is 0 Å². The summed E-state index contributed by atoms with van der Waals surface area (Å²) in [7, 11) is 0. The van der Waals surface area contributed by atoms with Crippen LogP contribution in [0.1, 0.15) is 19.8 Å². The van der Waals surface area contributed by atoms with Gasteiger partial charge < -0.3 is 9.64 Å². The maximum absolute atomic E-state index is 12.3. The Kier molecular flexibility index (Phi) is 4.35. The highest BCUT2D eigenvalue weighted by atomic mass is 19.4. The van der Waals surface area contributed by atoms with Gasteiger partial charge in [-0.1, -0.05) is 6.92 Å². The molecule has 19 heavy (non-hydrogen) atoms. The molecule has 7 heteroatoms. The van der Waals surface area contributed by atoms with Crippen molar-refractivity contribution in [1.82, 2.24) is 9.80 Å². The summed E-state index contributed by atoms with van der Waals surface area (Å²) in [5, 5.41) is 0. The molecule has 0 aromatic rings. The van der Waals surface area contributed by atoms with Crippen molar-refractivity contribution in [3.63, 3.8) is 0 Å². The predicted molar refractivity (Wildman–Crippen MR) is 62.6 cm³/mol. The molecule has 0 saturated carbocycles. The van der Waals surface area contributed by atoms with Crippen LogP contribution in [0.3, 0.4) is 0 Å². The molecule has 2 heterocycles. The molecule has 2 aliphatic heterocycles. The van der Waals surface area contributed by atoms with Crippen LogP contribution in [0, 0.1) is 0 Å². The van der Waals surface area contributed by atoms with Crippen LogP contribution in [0.25, 0.3) is 0 Å². The van der Waals surface area contributed by atoms with E-state index in [1.165, 1.54) is 0 Å². The molecular formula is C12H19F3N2O2. The lowest BCUT2D eigenvalue weighted by Gasteiger charge is -2.35. The Bertz CT molecular complexity index is 335. The van der Waals surface area contributed by atoms with Crippen molar-refractivity contribution >= 4 is 5.91 Å². The minimum atomic E-state index is -4.32. The second-order valence-corrected chi connectivity index (χ2v) is 5.08. The van der Waals surface area contributed by atoms with Crippen molar-refractivity contribution in [3.05, 3.63) is 0 Å². The van der Waals surface area contributed by atoms with E-state index in [2.05, 4.69) is 0 Å². The number of ether oxygens (including phenoxy) is 1. The molecule has 2 saturated heterocycles. The molecule has 0 N–H and O–H groups in total. The van der Waals surface area contributed by atoms with E-state index in [4.69, 9.17) is 4.74 Å². The van der Waals surface area contributed by atoms with Gasteiger partial charge in [-0.2, -0.15) is 13.2 Å². The molecule has 2 atom stereocenters. The quantitative estimate of drug-likeness (QED) is 0.780. The van der Waals surface area contributed by atoms with E-state index in [1.807, 2.05) is 11.8 Å². The van der Waals surface area contributed by atoms with Gasteiger partial charge in [0.1, 0.15) is 6.54 Å². The Morgan fingerprint density at radius 2 is 2.11 bits per heavy atom. The number of morpholine rings is 1.